The van der Waals surface area contributed by atoms with E-state index in [4.69, 9.17) is 5.26 Å². The summed E-state index contributed by atoms with van der Waals surface area (Å²) in [4.78, 5) is 11.4. The zero-order valence-corrected chi connectivity index (χ0v) is 7.51. The van der Waals surface area contributed by atoms with Crippen molar-refractivity contribution in [1.82, 2.24) is 0 Å². The predicted molar refractivity (Wildman–Crippen MR) is 48.4 cm³/mol. The number of Topliss-reactive ketones (excluding diaryl/α,β-unsaturated/α-hetero) is 1. The first-order valence-electron chi connectivity index (χ1n) is 4.48. The maximum atomic E-state index is 13.3. The fourth-order valence-electron chi connectivity index (χ4n) is 1.84. The summed E-state index contributed by atoms with van der Waals surface area (Å²) in [5, 5.41) is 8.79. The SMILES string of the molecule is N#Cc1ccc(F)c2c1CCCC2=O. The molecule has 2 nitrogen and oxygen atoms in total. The van der Waals surface area contributed by atoms with E-state index < -0.39 is 5.82 Å². The number of fused-ring (bicyclic) bond motifs is 1. The Morgan fingerprint density at radius 2 is 2.14 bits per heavy atom. The summed E-state index contributed by atoms with van der Waals surface area (Å²) in [7, 11) is 0. The standard InChI is InChI=1S/C11H8FNO/c12-9-5-4-7(6-13)8-2-1-3-10(14)11(8)9/h4-5H,1-3H2. The van der Waals surface area contributed by atoms with Crippen molar-refractivity contribution >= 4 is 5.78 Å². The minimum Gasteiger partial charge on any atom is -0.294 e. The molecule has 0 bridgehead atoms. The zero-order chi connectivity index (χ0) is 10.1. The van der Waals surface area contributed by atoms with E-state index in [1.165, 1.54) is 12.1 Å². The van der Waals surface area contributed by atoms with Gasteiger partial charge >= 0.3 is 0 Å². The molecule has 2 rings (SSSR count). The van der Waals surface area contributed by atoms with Crippen LogP contribution in [0.2, 0.25) is 0 Å². The van der Waals surface area contributed by atoms with Gasteiger partial charge in [0.15, 0.2) is 5.78 Å². The fourth-order valence-corrected chi connectivity index (χ4v) is 1.84. The van der Waals surface area contributed by atoms with Crippen molar-refractivity contribution in [3.63, 3.8) is 0 Å². The van der Waals surface area contributed by atoms with Crippen molar-refractivity contribution in [2.75, 3.05) is 0 Å². The number of hydrogen-bond acceptors (Lipinski definition) is 2. The van der Waals surface area contributed by atoms with Crippen molar-refractivity contribution in [2.45, 2.75) is 19.3 Å². The Morgan fingerprint density at radius 1 is 1.36 bits per heavy atom. The molecular formula is C11H8FNO. The second-order valence-corrected chi connectivity index (χ2v) is 3.34. The molecule has 0 spiro atoms. The molecule has 70 valence electrons. The molecule has 1 aromatic rings. The molecule has 0 atom stereocenters. The summed E-state index contributed by atoms with van der Waals surface area (Å²) in [6.45, 7) is 0. The summed E-state index contributed by atoms with van der Waals surface area (Å²) in [5.41, 5.74) is 1.15. The Bertz CT molecular complexity index is 445. The quantitative estimate of drug-likeness (QED) is 0.627. The third-order valence-corrected chi connectivity index (χ3v) is 2.49. The van der Waals surface area contributed by atoms with Gasteiger partial charge in [0, 0.05) is 6.42 Å². The fraction of sp³-hybridized carbons (Fsp3) is 0.273. The first kappa shape index (κ1) is 8.89. The van der Waals surface area contributed by atoms with Gasteiger partial charge < -0.3 is 0 Å². The molecule has 0 unspecified atom stereocenters. The Kier molecular flexibility index (Phi) is 2.05. The first-order chi connectivity index (χ1) is 6.74. The molecule has 1 aliphatic carbocycles. The van der Waals surface area contributed by atoms with E-state index in [1.54, 1.807) is 0 Å². The third kappa shape index (κ3) is 1.20. The monoisotopic (exact) mass is 189 g/mol. The second kappa shape index (κ2) is 3.22. The largest absolute Gasteiger partial charge is 0.294 e. The third-order valence-electron chi connectivity index (χ3n) is 2.49. The second-order valence-electron chi connectivity index (χ2n) is 3.34. The van der Waals surface area contributed by atoms with Crippen LogP contribution in [0.1, 0.15) is 34.3 Å². The van der Waals surface area contributed by atoms with Gasteiger partial charge in [-0.15, -0.1) is 0 Å². The highest BCUT2D eigenvalue weighted by atomic mass is 19.1. The molecule has 1 aliphatic rings. The number of ketones is 1. The molecule has 0 N–H and O–H groups in total. The van der Waals surface area contributed by atoms with Crippen molar-refractivity contribution in [1.29, 1.82) is 5.26 Å². The average Bonchev–Trinajstić information content (AvgIpc) is 2.18. The van der Waals surface area contributed by atoms with Crippen LogP contribution < -0.4 is 0 Å². The van der Waals surface area contributed by atoms with Gasteiger partial charge in [-0.2, -0.15) is 5.26 Å². The van der Waals surface area contributed by atoms with Crippen LogP contribution in [-0.4, -0.2) is 5.78 Å². The van der Waals surface area contributed by atoms with E-state index in [2.05, 4.69) is 0 Å². The van der Waals surface area contributed by atoms with Gasteiger partial charge in [-0.05, 0) is 30.5 Å². The summed E-state index contributed by atoms with van der Waals surface area (Å²) < 4.78 is 13.3. The van der Waals surface area contributed by atoms with Crippen LogP contribution >= 0.6 is 0 Å². The minimum atomic E-state index is -0.497. The van der Waals surface area contributed by atoms with Crippen LogP contribution in [0.4, 0.5) is 4.39 Å². The molecule has 0 saturated carbocycles. The smallest absolute Gasteiger partial charge is 0.166 e. The molecule has 0 heterocycles. The van der Waals surface area contributed by atoms with Gasteiger partial charge in [-0.25, -0.2) is 4.39 Å². The Balaban J connectivity index is 2.71. The number of benzene rings is 1. The Morgan fingerprint density at radius 3 is 2.86 bits per heavy atom. The number of nitrogens with zero attached hydrogens (tertiary/aromatic N) is 1. The van der Waals surface area contributed by atoms with Crippen molar-refractivity contribution in [3.8, 4) is 6.07 Å². The van der Waals surface area contributed by atoms with Crippen LogP contribution in [0.5, 0.6) is 0 Å². The molecule has 0 amide bonds. The maximum absolute atomic E-state index is 13.3. The van der Waals surface area contributed by atoms with Crippen LogP contribution in [0.25, 0.3) is 0 Å². The Labute approximate surface area is 81.0 Å². The molecule has 3 heteroatoms. The van der Waals surface area contributed by atoms with Crippen LogP contribution in [-0.2, 0) is 6.42 Å². The van der Waals surface area contributed by atoms with Gasteiger partial charge in [0.2, 0.25) is 0 Å². The number of nitriles is 1. The summed E-state index contributed by atoms with van der Waals surface area (Å²) in [5.74, 6) is -0.676. The number of halogens is 1. The highest BCUT2D eigenvalue weighted by molar-refractivity contribution is 5.99. The van der Waals surface area contributed by atoms with Crippen LogP contribution in [0, 0.1) is 17.1 Å². The van der Waals surface area contributed by atoms with E-state index in [-0.39, 0.29) is 11.3 Å². The van der Waals surface area contributed by atoms with Gasteiger partial charge in [0.25, 0.3) is 0 Å². The van der Waals surface area contributed by atoms with E-state index in [0.717, 1.165) is 0 Å². The van der Waals surface area contributed by atoms with Gasteiger partial charge in [-0.3, -0.25) is 4.79 Å². The molecule has 0 radical (unpaired) electrons. The number of carbonyl (C=O) groups excluding carboxylic acids is 1. The topological polar surface area (TPSA) is 40.9 Å². The number of hydrogen-bond donors (Lipinski definition) is 0. The number of rotatable bonds is 0. The van der Waals surface area contributed by atoms with Crippen molar-refractivity contribution in [3.05, 3.63) is 34.6 Å². The first-order valence-corrected chi connectivity index (χ1v) is 4.48. The molecule has 0 aromatic heterocycles. The lowest BCUT2D eigenvalue weighted by atomic mass is 9.87. The van der Waals surface area contributed by atoms with Gasteiger partial charge in [0.05, 0.1) is 17.2 Å². The zero-order valence-electron chi connectivity index (χ0n) is 7.51. The Hall–Kier alpha value is -1.69. The molecule has 14 heavy (non-hydrogen) atoms. The lowest BCUT2D eigenvalue weighted by Crippen LogP contribution is -2.14. The molecule has 0 aliphatic heterocycles. The summed E-state index contributed by atoms with van der Waals surface area (Å²) in [6.07, 6.45) is 1.73. The average molecular weight is 189 g/mol. The van der Waals surface area contributed by atoms with Crippen LogP contribution in [0.15, 0.2) is 12.1 Å². The maximum Gasteiger partial charge on any atom is 0.166 e. The highest BCUT2D eigenvalue weighted by Gasteiger charge is 2.23. The molecule has 0 saturated heterocycles. The van der Waals surface area contributed by atoms with E-state index in [1.807, 2.05) is 6.07 Å². The molecule has 0 fully saturated rings. The predicted octanol–water partition coefficient (Wildman–Crippen LogP) is 2.22. The summed E-state index contributed by atoms with van der Waals surface area (Å²) in [6, 6.07) is 4.62. The van der Waals surface area contributed by atoms with Crippen molar-refractivity contribution in [2.24, 2.45) is 0 Å². The van der Waals surface area contributed by atoms with Crippen LogP contribution in [0.3, 0.4) is 0 Å². The van der Waals surface area contributed by atoms with Gasteiger partial charge in [-0.1, -0.05) is 0 Å². The lowest BCUT2D eigenvalue weighted by molar-refractivity contribution is 0.0968. The number of carbonyl (C=O) groups is 1. The molecular weight excluding hydrogens is 181 g/mol. The molecule has 1 aromatic carbocycles. The van der Waals surface area contributed by atoms with Crippen molar-refractivity contribution < 1.29 is 9.18 Å². The summed E-state index contributed by atoms with van der Waals surface area (Å²) >= 11 is 0. The van der Waals surface area contributed by atoms with Gasteiger partial charge in [0.1, 0.15) is 5.82 Å². The normalized spacial score (nSPS) is 14.7. The highest BCUT2D eigenvalue weighted by Crippen LogP contribution is 2.26. The van der Waals surface area contributed by atoms with E-state index >= 15 is 0 Å². The van der Waals surface area contributed by atoms with E-state index in [0.29, 0.717) is 30.4 Å². The lowest BCUT2D eigenvalue weighted by Gasteiger charge is -2.15. The minimum absolute atomic E-state index is 0.135. The van der Waals surface area contributed by atoms with E-state index in [9.17, 15) is 9.18 Å².